The molecule has 0 unspecified atom stereocenters. The summed E-state index contributed by atoms with van der Waals surface area (Å²) in [6.07, 6.45) is 12.1. The van der Waals surface area contributed by atoms with E-state index in [4.69, 9.17) is 0 Å². The van der Waals surface area contributed by atoms with Gasteiger partial charge in [-0.05, 0) is 61.7 Å². The van der Waals surface area contributed by atoms with Crippen LogP contribution < -0.4 is 0 Å². The minimum Gasteiger partial charge on any atom is -0.0625 e. The summed E-state index contributed by atoms with van der Waals surface area (Å²) in [7, 11) is 0. The van der Waals surface area contributed by atoms with Crippen molar-refractivity contribution in [3.05, 3.63) is 0 Å². The molecule has 0 radical (unpaired) electrons. The van der Waals surface area contributed by atoms with Crippen molar-refractivity contribution >= 4 is 0 Å². The van der Waals surface area contributed by atoms with Crippen molar-refractivity contribution in [1.29, 1.82) is 0 Å². The molecule has 0 saturated heterocycles. The highest BCUT2D eigenvalue weighted by molar-refractivity contribution is 4.90. The average molecular weight is 208 g/mol. The summed E-state index contributed by atoms with van der Waals surface area (Å²) < 4.78 is 0. The fourth-order valence-electron chi connectivity index (χ4n) is 4.00. The Labute approximate surface area is 95.8 Å². The van der Waals surface area contributed by atoms with Gasteiger partial charge < -0.3 is 0 Å². The Bertz CT molecular complexity index is 190. The van der Waals surface area contributed by atoms with Crippen LogP contribution in [0.2, 0.25) is 0 Å². The summed E-state index contributed by atoms with van der Waals surface area (Å²) in [6, 6.07) is 0. The zero-order valence-electron chi connectivity index (χ0n) is 10.9. The summed E-state index contributed by atoms with van der Waals surface area (Å²) in [4.78, 5) is 0. The minimum absolute atomic E-state index is 0.724. The maximum Gasteiger partial charge on any atom is -0.0297 e. The highest BCUT2D eigenvalue weighted by Gasteiger charge is 2.39. The van der Waals surface area contributed by atoms with Crippen LogP contribution in [0.4, 0.5) is 0 Å². The van der Waals surface area contributed by atoms with Crippen molar-refractivity contribution < 1.29 is 0 Å². The molecule has 2 fully saturated rings. The Hall–Kier alpha value is 0. The lowest BCUT2D eigenvalue weighted by Crippen LogP contribution is -2.32. The third kappa shape index (κ3) is 2.40. The molecule has 0 aromatic rings. The van der Waals surface area contributed by atoms with Crippen molar-refractivity contribution in [1.82, 2.24) is 0 Å². The quantitative estimate of drug-likeness (QED) is 0.597. The monoisotopic (exact) mass is 208 g/mol. The van der Waals surface area contributed by atoms with Crippen LogP contribution in [0.3, 0.4) is 0 Å². The fraction of sp³-hybridized carbons (Fsp3) is 1.00. The smallest absolute Gasteiger partial charge is 0.0297 e. The van der Waals surface area contributed by atoms with Crippen molar-refractivity contribution in [2.75, 3.05) is 0 Å². The van der Waals surface area contributed by atoms with Gasteiger partial charge in [0.2, 0.25) is 0 Å². The van der Waals surface area contributed by atoms with Crippen molar-refractivity contribution in [2.24, 2.45) is 23.2 Å². The van der Waals surface area contributed by atoms with E-state index in [1.165, 1.54) is 51.4 Å². The topological polar surface area (TPSA) is 0 Å². The highest BCUT2D eigenvalue weighted by atomic mass is 14.4. The maximum atomic E-state index is 2.58. The standard InChI is InChI=1S/C15H28/c1-12(2)13-8-10-15(3,11-9-13)14-6-4-5-7-14/h12-14H,4-11H2,1-3H3. The summed E-state index contributed by atoms with van der Waals surface area (Å²) >= 11 is 0. The first-order valence-corrected chi connectivity index (χ1v) is 7.12. The van der Waals surface area contributed by atoms with Crippen LogP contribution in [0, 0.1) is 23.2 Å². The molecule has 0 aliphatic heterocycles. The number of hydrogen-bond donors (Lipinski definition) is 0. The van der Waals surface area contributed by atoms with Crippen LogP contribution in [-0.2, 0) is 0 Å². The molecule has 0 N–H and O–H groups in total. The maximum absolute atomic E-state index is 2.58. The van der Waals surface area contributed by atoms with E-state index in [1.807, 2.05) is 0 Å². The predicted molar refractivity (Wildman–Crippen MR) is 66.9 cm³/mol. The number of rotatable bonds is 2. The van der Waals surface area contributed by atoms with Gasteiger partial charge in [-0.3, -0.25) is 0 Å². The lowest BCUT2D eigenvalue weighted by atomic mass is 9.63. The van der Waals surface area contributed by atoms with Crippen LogP contribution in [0.1, 0.15) is 72.1 Å². The van der Waals surface area contributed by atoms with Gasteiger partial charge in [-0.1, -0.05) is 33.6 Å². The first-order valence-electron chi connectivity index (χ1n) is 7.12. The van der Waals surface area contributed by atoms with E-state index in [9.17, 15) is 0 Å². The molecule has 2 rings (SSSR count). The lowest BCUT2D eigenvalue weighted by Gasteiger charge is -2.43. The minimum atomic E-state index is 0.724. The van der Waals surface area contributed by atoms with Gasteiger partial charge in [0.25, 0.3) is 0 Å². The van der Waals surface area contributed by atoms with Gasteiger partial charge in [0.1, 0.15) is 0 Å². The van der Waals surface area contributed by atoms with Crippen LogP contribution in [0.15, 0.2) is 0 Å². The number of hydrogen-bond acceptors (Lipinski definition) is 0. The van der Waals surface area contributed by atoms with Crippen molar-refractivity contribution in [3.63, 3.8) is 0 Å². The third-order valence-corrected chi connectivity index (χ3v) is 5.46. The van der Waals surface area contributed by atoms with Crippen LogP contribution in [-0.4, -0.2) is 0 Å². The Morgan fingerprint density at radius 2 is 1.47 bits per heavy atom. The van der Waals surface area contributed by atoms with E-state index in [0.717, 1.165) is 23.2 Å². The summed E-state index contributed by atoms with van der Waals surface area (Å²) in [5.74, 6) is 3.02. The first-order chi connectivity index (χ1) is 7.12. The molecular formula is C15H28. The summed E-state index contributed by atoms with van der Waals surface area (Å²) in [5, 5.41) is 0. The SMILES string of the molecule is CC(C)C1CCC(C)(C2CCCC2)CC1. The van der Waals surface area contributed by atoms with Crippen LogP contribution in [0.25, 0.3) is 0 Å². The second-order valence-electron chi connectivity index (χ2n) is 6.72. The molecule has 2 saturated carbocycles. The second-order valence-corrected chi connectivity index (χ2v) is 6.72. The predicted octanol–water partition coefficient (Wildman–Crippen LogP) is 5.03. The Morgan fingerprint density at radius 3 is 1.93 bits per heavy atom. The molecule has 0 spiro atoms. The van der Waals surface area contributed by atoms with Gasteiger partial charge in [-0.15, -0.1) is 0 Å². The molecule has 2 aliphatic carbocycles. The molecule has 88 valence electrons. The lowest BCUT2D eigenvalue weighted by molar-refractivity contribution is 0.0811. The van der Waals surface area contributed by atoms with Crippen LogP contribution >= 0.6 is 0 Å². The zero-order valence-corrected chi connectivity index (χ0v) is 10.9. The van der Waals surface area contributed by atoms with Gasteiger partial charge in [-0.2, -0.15) is 0 Å². The summed E-state index contributed by atoms with van der Waals surface area (Å²) in [6.45, 7) is 7.39. The molecule has 0 heteroatoms. The molecule has 0 nitrogen and oxygen atoms in total. The second kappa shape index (κ2) is 4.47. The first kappa shape index (κ1) is 11.5. The van der Waals surface area contributed by atoms with Crippen LogP contribution in [0.5, 0.6) is 0 Å². The third-order valence-electron chi connectivity index (χ3n) is 5.46. The molecule has 0 amide bonds. The molecular weight excluding hydrogens is 180 g/mol. The molecule has 0 bridgehead atoms. The van der Waals surface area contributed by atoms with Gasteiger partial charge in [0, 0.05) is 0 Å². The fourth-order valence-corrected chi connectivity index (χ4v) is 4.00. The van der Waals surface area contributed by atoms with E-state index >= 15 is 0 Å². The summed E-state index contributed by atoms with van der Waals surface area (Å²) in [5.41, 5.74) is 0.724. The van der Waals surface area contributed by atoms with Gasteiger partial charge in [0.15, 0.2) is 0 Å². The van der Waals surface area contributed by atoms with Gasteiger partial charge >= 0.3 is 0 Å². The molecule has 0 heterocycles. The normalized spacial score (nSPS) is 38.8. The van der Waals surface area contributed by atoms with Crippen molar-refractivity contribution in [3.8, 4) is 0 Å². The van der Waals surface area contributed by atoms with Crippen molar-refractivity contribution in [2.45, 2.75) is 72.1 Å². The van der Waals surface area contributed by atoms with E-state index in [1.54, 1.807) is 0 Å². The largest absolute Gasteiger partial charge is 0.0625 e. The molecule has 0 aromatic heterocycles. The van der Waals surface area contributed by atoms with E-state index in [2.05, 4.69) is 20.8 Å². The molecule has 0 aromatic carbocycles. The highest BCUT2D eigenvalue weighted by Crippen LogP contribution is 2.50. The van der Waals surface area contributed by atoms with E-state index in [-0.39, 0.29) is 0 Å². The van der Waals surface area contributed by atoms with E-state index < -0.39 is 0 Å². The van der Waals surface area contributed by atoms with Gasteiger partial charge in [-0.25, -0.2) is 0 Å². The Balaban J connectivity index is 1.90. The van der Waals surface area contributed by atoms with Gasteiger partial charge in [0.05, 0.1) is 0 Å². The molecule has 15 heavy (non-hydrogen) atoms. The Morgan fingerprint density at radius 1 is 0.933 bits per heavy atom. The average Bonchev–Trinajstić information content (AvgIpc) is 2.71. The molecule has 2 aliphatic rings. The Kier molecular flexibility index (Phi) is 3.42. The molecule has 0 atom stereocenters. The zero-order chi connectivity index (χ0) is 10.9. The van der Waals surface area contributed by atoms with E-state index in [0.29, 0.717) is 0 Å².